The van der Waals surface area contributed by atoms with Crippen LogP contribution in [0.4, 0.5) is 16.2 Å². The van der Waals surface area contributed by atoms with Crippen molar-refractivity contribution in [2.24, 2.45) is 0 Å². The molecule has 4 rings (SSSR count). The summed E-state index contributed by atoms with van der Waals surface area (Å²) in [5, 5.41) is 3.02. The summed E-state index contributed by atoms with van der Waals surface area (Å²) in [7, 11) is 0. The van der Waals surface area contributed by atoms with Gasteiger partial charge in [0.15, 0.2) is 0 Å². The van der Waals surface area contributed by atoms with Crippen molar-refractivity contribution in [3.63, 3.8) is 0 Å². The van der Waals surface area contributed by atoms with Crippen LogP contribution >= 0.6 is 0 Å². The number of nitrogens with one attached hydrogen (secondary N) is 1. The van der Waals surface area contributed by atoms with Gasteiger partial charge in [0.05, 0.1) is 6.04 Å². The van der Waals surface area contributed by atoms with E-state index in [1.54, 1.807) is 9.80 Å². The maximum atomic E-state index is 12.6. The van der Waals surface area contributed by atoms with Crippen LogP contribution in [-0.2, 0) is 11.2 Å². The van der Waals surface area contributed by atoms with Gasteiger partial charge in [-0.05, 0) is 30.2 Å². The molecule has 2 aromatic carbocycles. The molecule has 2 aliphatic rings. The molecule has 0 radical (unpaired) electrons. The summed E-state index contributed by atoms with van der Waals surface area (Å²) in [5.41, 5.74) is 3.05. The molecule has 1 N–H and O–H groups in total. The minimum absolute atomic E-state index is 0.0494. The fourth-order valence-corrected chi connectivity index (χ4v) is 3.46. The lowest BCUT2D eigenvalue weighted by Crippen LogP contribution is -2.45. The number of rotatable bonds is 2. The number of amides is 3. The van der Waals surface area contributed by atoms with Gasteiger partial charge in [0.2, 0.25) is 5.91 Å². The fraction of sp³-hybridized carbons (Fsp3) is 0.263. The van der Waals surface area contributed by atoms with E-state index in [2.05, 4.69) is 11.4 Å². The standard InChI is InChI=1S/C19H19N3O2/c23-18-12-15(13-22(18)16-7-2-1-3-8-16)20-19(24)21-11-10-14-6-4-5-9-17(14)21/h1-9,15H,10-13H2,(H,20,24). The highest BCUT2D eigenvalue weighted by atomic mass is 16.2. The Balaban J connectivity index is 1.44. The van der Waals surface area contributed by atoms with E-state index in [1.807, 2.05) is 48.5 Å². The van der Waals surface area contributed by atoms with Gasteiger partial charge in [0, 0.05) is 30.9 Å². The molecule has 0 spiro atoms. The lowest BCUT2D eigenvalue weighted by atomic mass is 10.2. The zero-order valence-corrected chi connectivity index (χ0v) is 13.3. The predicted octanol–water partition coefficient (Wildman–Crippen LogP) is 2.56. The van der Waals surface area contributed by atoms with Crippen LogP contribution in [0.5, 0.6) is 0 Å². The van der Waals surface area contributed by atoms with E-state index in [-0.39, 0.29) is 18.0 Å². The molecule has 0 saturated carbocycles. The van der Waals surface area contributed by atoms with Gasteiger partial charge in [-0.25, -0.2) is 4.79 Å². The summed E-state index contributed by atoms with van der Waals surface area (Å²) in [6, 6.07) is 17.3. The predicted molar refractivity (Wildman–Crippen MR) is 93.2 cm³/mol. The first kappa shape index (κ1) is 14.8. The molecule has 122 valence electrons. The van der Waals surface area contributed by atoms with Crippen LogP contribution in [0.1, 0.15) is 12.0 Å². The van der Waals surface area contributed by atoms with Gasteiger partial charge in [0.25, 0.3) is 0 Å². The van der Waals surface area contributed by atoms with E-state index in [9.17, 15) is 9.59 Å². The van der Waals surface area contributed by atoms with Crippen molar-refractivity contribution >= 4 is 23.3 Å². The summed E-state index contributed by atoms with van der Waals surface area (Å²) < 4.78 is 0. The number of anilines is 2. The third kappa shape index (κ3) is 2.62. The zero-order valence-electron chi connectivity index (χ0n) is 13.3. The lowest BCUT2D eigenvalue weighted by molar-refractivity contribution is -0.117. The van der Waals surface area contributed by atoms with Gasteiger partial charge in [-0.2, -0.15) is 0 Å². The monoisotopic (exact) mass is 321 g/mol. The van der Waals surface area contributed by atoms with Crippen LogP contribution in [0.2, 0.25) is 0 Å². The second-order valence-electron chi connectivity index (χ2n) is 6.22. The van der Waals surface area contributed by atoms with E-state index in [1.165, 1.54) is 5.56 Å². The van der Waals surface area contributed by atoms with Crippen molar-refractivity contribution in [1.82, 2.24) is 5.32 Å². The summed E-state index contributed by atoms with van der Waals surface area (Å²) in [4.78, 5) is 28.4. The largest absolute Gasteiger partial charge is 0.333 e. The van der Waals surface area contributed by atoms with Crippen molar-refractivity contribution in [3.8, 4) is 0 Å². The smallest absolute Gasteiger partial charge is 0.322 e. The number of benzene rings is 2. The maximum Gasteiger partial charge on any atom is 0.322 e. The summed E-state index contributed by atoms with van der Waals surface area (Å²) in [5.74, 6) is 0.0494. The Morgan fingerprint density at radius 3 is 2.62 bits per heavy atom. The normalized spacial score (nSPS) is 19.5. The summed E-state index contributed by atoms with van der Waals surface area (Å²) in [6.07, 6.45) is 1.22. The van der Waals surface area contributed by atoms with Crippen LogP contribution in [0.25, 0.3) is 0 Å². The summed E-state index contributed by atoms with van der Waals surface area (Å²) in [6.45, 7) is 1.21. The Morgan fingerprint density at radius 1 is 1.04 bits per heavy atom. The summed E-state index contributed by atoms with van der Waals surface area (Å²) >= 11 is 0. The Kier molecular flexibility index (Phi) is 3.69. The molecule has 0 aromatic heterocycles. The van der Waals surface area contributed by atoms with E-state index in [4.69, 9.17) is 0 Å². The highest BCUT2D eigenvalue weighted by Crippen LogP contribution is 2.28. The molecule has 24 heavy (non-hydrogen) atoms. The minimum Gasteiger partial charge on any atom is -0.333 e. The van der Waals surface area contributed by atoms with Gasteiger partial charge in [0.1, 0.15) is 0 Å². The van der Waals surface area contributed by atoms with Crippen LogP contribution < -0.4 is 15.1 Å². The van der Waals surface area contributed by atoms with Crippen molar-refractivity contribution in [2.75, 3.05) is 22.9 Å². The highest BCUT2D eigenvalue weighted by molar-refractivity contribution is 5.98. The molecule has 2 heterocycles. The average Bonchev–Trinajstić information content (AvgIpc) is 3.19. The number of carbonyl (C=O) groups is 2. The van der Waals surface area contributed by atoms with Gasteiger partial charge in [-0.3, -0.25) is 9.69 Å². The molecule has 2 aliphatic heterocycles. The zero-order chi connectivity index (χ0) is 16.5. The third-order valence-corrected chi connectivity index (χ3v) is 4.65. The minimum atomic E-state index is -0.155. The number of para-hydroxylation sites is 2. The fourth-order valence-electron chi connectivity index (χ4n) is 3.46. The quantitative estimate of drug-likeness (QED) is 0.924. The SMILES string of the molecule is O=C1CC(NC(=O)N2CCc3ccccc32)CN1c1ccccc1. The molecule has 5 nitrogen and oxygen atoms in total. The number of carbonyl (C=O) groups excluding carboxylic acids is 2. The van der Waals surface area contributed by atoms with E-state index in [0.717, 1.165) is 17.8 Å². The molecule has 1 atom stereocenters. The van der Waals surface area contributed by atoms with E-state index < -0.39 is 0 Å². The van der Waals surface area contributed by atoms with Gasteiger partial charge in [-0.15, -0.1) is 0 Å². The second-order valence-corrected chi connectivity index (χ2v) is 6.22. The van der Waals surface area contributed by atoms with Gasteiger partial charge < -0.3 is 10.2 Å². The van der Waals surface area contributed by atoms with E-state index >= 15 is 0 Å². The number of fused-ring (bicyclic) bond motifs is 1. The molecule has 3 amide bonds. The molecule has 0 aliphatic carbocycles. The molecule has 1 unspecified atom stereocenters. The lowest BCUT2D eigenvalue weighted by Gasteiger charge is -2.21. The Morgan fingerprint density at radius 2 is 1.79 bits per heavy atom. The van der Waals surface area contributed by atoms with Crippen molar-refractivity contribution in [1.29, 1.82) is 0 Å². The van der Waals surface area contributed by atoms with E-state index in [0.29, 0.717) is 19.5 Å². The molecular formula is C19H19N3O2. The third-order valence-electron chi connectivity index (χ3n) is 4.65. The molecule has 2 aromatic rings. The average molecular weight is 321 g/mol. The van der Waals surface area contributed by atoms with Crippen molar-refractivity contribution < 1.29 is 9.59 Å². The highest BCUT2D eigenvalue weighted by Gasteiger charge is 2.33. The van der Waals surface area contributed by atoms with Crippen LogP contribution in [0.3, 0.4) is 0 Å². The number of urea groups is 1. The first-order valence-corrected chi connectivity index (χ1v) is 8.24. The number of hydrogen-bond donors (Lipinski definition) is 1. The van der Waals surface area contributed by atoms with Crippen LogP contribution in [0.15, 0.2) is 54.6 Å². The van der Waals surface area contributed by atoms with Gasteiger partial charge in [-0.1, -0.05) is 36.4 Å². The molecule has 0 bridgehead atoms. The Labute approximate surface area is 140 Å². The molecule has 5 heteroatoms. The number of nitrogens with zero attached hydrogens (tertiary/aromatic N) is 2. The van der Waals surface area contributed by atoms with Crippen molar-refractivity contribution in [2.45, 2.75) is 18.9 Å². The Bertz CT molecular complexity index is 775. The van der Waals surface area contributed by atoms with Crippen LogP contribution in [-0.4, -0.2) is 31.1 Å². The van der Waals surface area contributed by atoms with Gasteiger partial charge >= 0.3 is 6.03 Å². The molecule has 1 saturated heterocycles. The molecular weight excluding hydrogens is 302 g/mol. The van der Waals surface area contributed by atoms with Crippen molar-refractivity contribution in [3.05, 3.63) is 60.2 Å². The first-order valence-electron chi connectivity index (χ1n) is 8.24. The maximum absolute atomic E-state index is 12.6. The van der Waals surface area contributed by atoms with Crippen LogP contribution in [0, 0.1) is 0 Å². The first-order chi connectivity index (χ1) is 11.7. The topological polar surface area (TPSA) is 52.7 Å². The number of hydrogen-bond acceptors (Lipinski definition) is 2. The molecule has 1 fully saturated rings. The Hall–Kier alpha value is -2.82. The second kappa shape index (κ2) is 6.00.